The summed E-state index contributed by atoms with van der Waals surface area (Å²) in [4.78, 5) is 4.25. The van der Waals surface area contributed by atoms with Crippen LogP contribution in [0.5, 0.6) is 0 Å². The molecule has 20 heavy (non-hydrogen) atoms. The molecule has 2 N–H and O–H groups in total. The molecule has 0 aliphatic heterocycles. The van der Waals surface area contributed by atoms with Crippen LogP contribution >= 0.6 is 11.6 Å². The number of hydrogen-bond acceptors (Lipinski definition) is 2. The molecular weight excluding hydrogens is 270 g/mol. The van der Waals surface area contributed by atoms with E-state index in [0.29, 0.717) is 11.6 Å². The Labute approximate surface area is 122 Å². The van der Waals surface area contributed by atoms with Gasteiger partial charge in [0.1, 0.15) is 0 Å². The normalized spacial score (nSPS) is 10.7. The van der Waals surface area contributed by atoms with Crippen molar-refractivity contribution in [2.24, 2.45) is 5.73 Å². The number of para-hydroxylation sites is 1. The molecule has 2 aromatic carbocycles. The Morgan fingerprint density at radius 1 is 1.05 bits per heavy atom. The van der Waals surface area contributed by atoms with Crippen molar-refractivity contribution in [1.29, 1.82) is 0 Å². The number of imidazole rings is 1. The second kappa shape index (κ2) is 5.49. The standard InChI is InChI=1S/C16H14ClN3/c17-14-7-3-2-6-13(14)16-10-19-11-20(16)15-8-4-1-5-12(15)9-18/h1-8,10-11H,9,18H2. The molecule has 0 bridgehead atoms. The minimum Gasteiger partial charge on any atom is -0.326 e. The molecule has 0 aliphatic rings. The van der Waals surface area contributed by atoms with Gasteiger partial charge in [-0.15, -0.1) is 0 Å². The summed E-state index contributed by atoms with van der Waals surface area (Å²) in [5.74, 6) is 0. The van der Waals surface area contributed by atoms with Crippen molar-refractivity contribution in [1.82, 2.24) is 9.55 Å². The number of hydrogen-bond donors (Lipinski definition) is 1. The van der Waals surface area contributed by atoms with E-state index < -0.39 is 0 Å². The highest BCUT2D eigenvalue weighted by Crippen LogP contribution is 2.29. The summed E-state index contributed by atoms with van der Waals surface area (Å²) in [6.45, 7) is 0.482. The van der Waals surface area contributed by atoms with Crippen LogP contribution in [0.3, 0.4) is 0 Å². The molecule has 0 amide bonds. The van der Waals surface area contributed by atoms with Crippen molar-refractivity contribution in [3.8, 4) is 16.9 Å². The molecule has 3 aromatic rings. The molecule has 0 unspecified atom stereocenters. The van der Waals surface area contributed by atoms with E-state index in [9.17, 15) is 0 Å². The molecule has 0 saturated carbocycles. The molecule has 0 saturated heterocycles. The first-order valence-corrected chi connectivity index (χ1v) is 6.74. The van der Waals surface area contributed by atoms with Crippen molar-refractivity contribution >= 4 is 11.6 Å². The van der Waals surface area contributed by atoms with E-state index in [1.165, 1.54) is 0 Å². The number of aromatic nitrogens is 2. The van der Waals surface area contributed by atoms with Crippen molar-refractivity contribution in [2.75, 3.05) is 0 Å². The van der Waals surface area contributed by atoms with E-state index in [1.807, 2.05) is 59.3 Å². The minimum atomic E-state index is 0.482. The fraction of sp³-hybridized carbons (Fsp3) is 0.0625. The number of nitrogens with zero attached hydrogens (tertiary/aromatic N) is 2. The molecular formula is C16H14ClN3. The Bertz CT molecular complexity index is 734. The zero-order valence-corrected chi connectivity index (χ0v) is 11.6. The topological polar surface area (TPSA) is 43.8 Å². The molecule has 4 heteroatoms. The lowest BCUT2D eigenvalue weighted by Crippen LogP contribution is -2.04. The maximum Gasteiger partial charge on any atom is 0.0997 e. The smallest absolute Gasteiger partial charge is 0.0997 e. The first-order chi connectivity index (χ1) is 9.81. The number of rotatable bonds is 3. The lowest BCUT2D eigenvalue weighted by Gasteiger charge is -2.13. The predicted octanol–water partition coefficient (Wildman–Crippen LogP) is 3.65. The van der Waals surface area contributed by atoms with Crippen LogP contribution in [0.4, 0.5) is 0 Å². The van der Waals surface area contributed by atoms with E-state index in [1.54, 1.807) is 6.33 Å². The molecule has 3 nitrogen and oxygen atoms in total. The van der Waals surface area contributed by atoms with Crippen LogP contribution in [0.2, 0.25) is 5.02 Å². The molecule has 0 fully saturated rings. The van der Waals surface area contributed by atoms with Crippen LogP contribution in [0.25, 0.3) is 16.9 Å². The Morgan fingerprint density at radius 3 is 2.60 bits per heavy atom. The fourth-order valence-electron chi connectivity index (χ4n) is 2.27. The Balaban J connectivity index is 2.19. The Kier molecular flexibility index (Phi) is 3.54. The van der Waals surface area contributed by atoms with Crippen LogP contribution in [0.15, 0.2) is 61.1 Å². The van der Waals surface area contributed by atoms with Gasteiger partial charge in [-0.2, -0.15) is 0 Å². The van der Waals surface area contributed by atoms with Gasteiger partial charge in [0.05, 0.1) is 23.9 Å². The molecule has 0 radical (unpaired) electrons. The van der Waals surface area contributed by atoms with Gasteiger partial charge < -0.3 is 5.73 Å². The van der Waals surface area contributed by atoms with Crippen molar-refractivity contribution < 1.29 is 0 Å². The van der Waals surface area contributed by atoms with Gasteiger partial charge in [-0.25, -0.2) is 4.98 Å². The summed E-state index contributed by atoms with van der Waals surface area (Å²) in [5, 5.41) is 0.708. The average molecular weight is 284 g/mol. The SMILES string of the molecule is NCc1ccccc1-n1cncc1-c1ccccc1Cl. The van der Waals surface area contributed by atoms with Crippen molar-refractivity contribution in [3.05, 3.63) is 71.6 Å². The van der Waals surface area contributed by atoms with Crippen LogP contribution < -0.4 is 5.73 Å². The quantitative estimate of drug-likeness (QED) is 0.797. The van der Waals surface area contributed by atoms with Gasteiger partial charge in [0.25, 0.3) is 0 Å². The highest BCUT2D eigenvalue weighted by atomic mass is 35.5. The monoisotopic (exact) mass is 283 g/mol. The van der Waals surface area contributed by atoms with Crippen LogP contribution in [-0.2, 0) is 6.54 Å². The van der Waals surface area contributed by atoms with Gasteiger partial charge >= 0.3 is 0 Å². The third-order valence-corrected chi connectivity index (χ3v) is 3.59. The molecule has 0 atom stereocenters. The van der Waals surface area contributed by atoms with Gasteiger partial charge in [0.15, 0.2) is 0 Å². The summed E-state index contributed by atoms with van der Waals surface area (Å²) in [7, 11) is 0. The van der Waals surface area contributed by atoms with E-state index in [2.05, 4.69) is 4.98 Å². The second-order valence-corrected chi connectivity index (χ2v) is 4.87. The second-order valence-electron chi connectivity index (χ2n) is 4.46. The van der Waals surface area contributed by atoms with Gasteiger partial charge in [-0.1, -0.05) is 48.0 Å². The van der Waals surface area contributed by atoms with Gasteiger partial charge in [0.2, 0.25) is 0 Å². The van der Waals surface area contributed by atoms with Crippen LogP contribution in [0.1, 0.15) is 5.56 Å². The summed E-state index contributed by atoms with van der Waals surface area (Å²) >= 11 is 6.28. The van der Waals surface area contributed by atoms with E-state index >= 15 is 0 Å². The van der Waals surface area contributed by atoms with Crippen molar-refractivity contribution in [2.45, 2.75) is 6.54 Å². The highest BCUT2D eigenvalue weighted by molar-refractivity contribution is 6.33. The minimum absolute atomic E-state index is 0.482. The first kappa shape index (κ1) is 12.9. The highest BCUT2D eigenvalue weighted by Gasteiger charge is 2.11. The lowest BCUT2D eigenvalue weighted by molar-refractivity contribution is 0.987. The summed E-state index contributed by atoms with van der Waals surface area (Å²) in [5.41, 5.74) is 9.83. The zero-order chi connectivity index (χ0) is 13.9. The van der Waals surface area contributed by atoms with E-state index in [4.69, 9.17) is 17.3 Å². The number of benzene rings is 2. The lowest BCUT2D eigenvalue weighted by atomic mass is 10.1. The Morgan fingerprint density at radius 2 is 1.80 bits per heavy atom. The molecule has 3 rings (SSSR count). The molecule has 1 aromatic heterocycles. The largest absolute Gasteiger partial charge is 0.326 e. The van der Waals surface area contributed by atoms with E-state index in [-0.39, 0.29) is 0 Å². The van der Waals surface area contributed by atoms with Gasteiger partial charge in [-0.05, 0) is 17.7 Å². The third kappa shape index (κ3) is 2.22. The number of halogens is 1. The van der Waals surface area contributed by atoms with Gasteiger partial charge in [0, 0.05) is 17.1 Å². The fourth-order valence-corrected chi connectivity index (χ4v) is 2.51. The molecule has 0 spiro atoms. The molecule has 0 aliphatic carbocycles. The van der Waals surface area contributed by atoms with Crippen molar-refractivity contribution in [3.63, 3.8) is 0 Å². The average Bonchev–Trinajstić information content (AvgIpc) is 2.96. The Hall–Kier alpha value is -2.10. The van der Waals surface area contributed by atoms with E-state index in [0.717, 1.165) is 22.5 Å². The maximum atomic E-state index is 6.28. The summed E-state index contributed by atoms with van der Waals surface area (Å²) in [6.07, 6.45) is 3.60. The third-order valence-electron chi connectivity index (χ3n) is 3.26. The molecule has 1 heterocycles. The maximum absolute atomic E-state index is 6.28. The molecule has 100 valence electrons. The zero-order valence-electron chi connectivity index (χ0n) is 10.8. The van der Waals surface area contributed by atoms with Crippen LogP contribution in [0, 0.1) is 0 Å². The summed E-state index contributed by atoms with van der Waals surface area (Å²) in [6, 6.07) is 15.8. The predicted molar refractivity (Wildman–Crippen MR) is 81.9 cm³/mol. The van der Waals surface area contributed by atoms with Gasteiger partial charge in [-0.3, -0.25) is 4.57 Å². The number of nitrogens with two attached hydrogens (primary N) is 1. The van der Waals surface area contributed by atoms with Crippen LogP contribution in [-0.4, -0.2) is 9.55 Å². The first-order valence-electron chi connectivity index (χ1n) is 6.37. The summed E-state index contributed by atoms with van der Waals surface area (Å²) < 4.78 is 2.02.